The number of carbonyl (C=O) groups excluding carboxylic acids is 1. The number of aryl methyl sites for hydroxylation is 2. The summed E-state index contributed by atoms with van der Waals surface area (Å²) < 4.78 is 10.6. The van der Waals surface area contributed by atoms with E-state index in [0.29, 0.717) is 24.6 Å². The zero-order valence-corrected chi connectivity index (χ0v) is 14.7. The van der Waals surface area contributed by atoms with Gasteiger partial charge in [0.2, 0.25) is 17.6 Å². The molecule has 1 atom stereocenters. The molecule has 4 heterocycles. The van der Waals surface area contributed by atoms with Crippen LogP contribution in [-0.4, -0.2) is 32.6 Å². The third-order valence-corrected chi connectivity index (χ3v) is 5.18. The first kappa shape index (κ1) is 16.0. The fourth-order valence-corrected chi connectivity index (χ4v) is 3.77. The summed E-state index contributed by atoms with van der Waals surface area (Å²) in [6, 6.07) is 5.77. The Morgan fingerprint density at radius 3 is 3.08 bits per heavy atom. The predicted octanol–water partition coefficient (Wildman–Crippen LogP) is 3.39. The lowest BCUT2D eigenvalue weighted by Gasteiger charge is -2.22. The topological polar surface area (TPSA) is 85.3 Å². The van der Waals surface area contributed by atoms with Crippen LogP contribution in [0.3, 0.4) is 0 Å². The highest BCUT2D eigenvalue weighted by molar-refractivity contribution is 7.13. The highest BCUT2D eigenvalue weighted by Crippen LogP contribution is 2.33. The van der Waals surface area contributed by atoms with E-state index in [1.165, 1.54) is 0 Å². The summed E-state index contributed by atoms with van der Waals surface area (Å²) in [6.07, 6.45) is 2.66. The molecule has 0 spiro atoms. The fourth-order valence-electron chi connectivity index (χ4n) is 3.12. The van der Waals surface area contributed by atoms with Gasteiger partial charge in [-0.1, -0.05) is 16.4 Å². The first-order chi connectivity index (χ1) is 12.2. The van der Waals surface area contributed by atoms with Crippen molar-refractivity contribution < 1.29 is 13.8 Å². The van der Waals surface area contributed by atoms with Crippen LogP contribution in [0.4, 0.5) is 0 Å². The molecule has 0 unspecified atom stereocenters. The third-order valence-electron chi connectivity index (χ3n) is 4.31. The highest BCUT2D eigenvalue weighted by Gasteiger charge is 2.32. The number of nitrogens with zero attached hydrogens (tertiary/aromatic N) is 4. The molecule has 0 N–H and O–H groups in total. The molecule has 0 saturated carbocycles. The molecule has 0 aromatic carbocycles. The molecule has 4 rings (SSSR count). The van der Waals surface area contributed by atoms with Crippen molar-refractivity contribution in [3.63, 3.8) is 0 Å². The highest BCUT2D eigenvalue weighted by atomic mass is 32.1. The first-order valence-corrected chi connectivity index (χ1v) is 9.18. The minimum Gasteiger partial charge on any atom is -0.359 e. The van der Waals surface area contributed by atoms with Crippen LogP contribution in [0.5, 0.6) is 0 Å². The zero-order chi connectivity index (χ0) is 17.2. The van der Waals surface area contributed by atoms with Crippen LogP contribution in [0.15, 0.2) is 32.6 Å². The molecule has 0 aliphatic carbocycles. The fraction of sp³-hybridized carbons (Fsp3) is 0.412. The zero-order valence-electron chi connectivity index (χ0n) is 13.8. The van der Waals surface area contributed by atoms with Crippen molar-refractivity contribution in [2.24, 2.45) is 0 Å². The van der Waals surface area contributed by atoms with Gasteiger partial charge in [-0.05, 0) is 31.2 Å². The molecule has 1 saturated heterocycles. The Balaban J connectivity index is 1.38. The van der Waals surface area contributed by atoms with Gasteiger partial charge < -0.3 is 13.9 Å². The van der Waals surface area contributed by atoms with Crippen molar-refractivity contribution >= 4 is 17.2 Å². The summed E-state index contributed by atoms with van der Waals surface area (Å²) in [6.45, 7) is 2.63. The van der Waals surface area contributed by atoms with Crippen LogP contribution in [0.1, 0.15) is 42.6 Å². The number of aromatic nitrogens is 3. The number of hydrogen-bond acceptors (Lipinski definition) is 7. The summed E-state index contributed by atoms with van der Waals surface area (Å²) >= 11 is 1.56. The monoisotopic (exact) mass is 358 g/mol. The Morgan fingerprint density at radius 2 is 2.32 bits per heavy atom. The lowest BCUT2D eigenvalue weighted by Crippen LogP contribution is -2.30. The smallest absolute Gasteiger partial charge is 0.227 e. The van der Waals surface area contributed by atoms with Crippen molar-refractivity contribution in [3.05, 3.63) is 40.9 Å². The number of likely N-dealkylation sites (tertiary alicyclic amines) is 1. The molecule has 0 radical (unpaired) electrons. The number of rotatable bonds is 5. The Kier molecular flexibility index (Phi) is 4.35. The molecule has 1 aliphatic rings. The summed E-state index contributed by atoms with van der Waals surface area (Å²) in [5.41, 5.74) is 0.835. The molecule has 130 valence electrons. The number of carbonyl (C=O) groups is 1. The minimum atomic E-state index is -0.0157. The second kappa shape index (κ2) is 6.79. The van der Waals surface area contributed by atoms with Crippen LogP contribution >= 0.6 is 11.3 Å². The minimum absolute atomic E-state index is 0.0157. The van der Waals surface area contributed by atoms with Gasteiger partial charge in [-0.15, -0.1) is 11.3 Å². The second-order valence-corrected chi connectivity index (χ2v) is 7.05. The Hall–Kier alpha value is -2.48. The Morgan fingerprint density at radius 1 is 1.40 bits per heavy atom. The molecule has 7 nitrogen and oxygen atoms in total. The second-order valence-electron chi connectivity index (χ2n) is 6.10. The lowest BCUT2D eigenvalue weighted by atomic mass is 10.1. The van der Waals surface area contributed by atoms with Gasteiger partial charge in [0.05, 0.1) is 16.6 Å². The molecule has 1 fully saturated rings. The van der Waals surface area contributed by atoms with Gasteiger partial charge in [0.1, 0.15) is 0 Å². The predicted molar refractivity (Wildman–Crippen MR) is 90.9 cm³/mol. The van der Waals surface area contributed by atoms with Crippen LogP contribution < -0.4 is 0 Å². The molecular formula is C17H18N4O3S. The molecule has 3 aromatic rings. The SMILES string of the molecule is Cc1cc([C@H]2CCCN2C(=O)CCc2nc(-c3cccs3)no2)on1. The van der Waals surface area contributed by atoms with E-state index in [0.717, 1.165) is 35.7 Å². The molecule has 1 amide bonds. The summed E-state index contributed by atoms with van der Waals surface area (Å²) in [7, 11) is 0. The maximum Gasteiger partial charge on any atom is 0.227 e. The maximum atomic E-state index is 12.6. The van der Waals surface area contributed by atoms with Crippen molar-refractivity contribution in [1.29, 1.82) is 0 Å². The third kappa shape index (κ3) is 3.34. The molecule has 25 heavy (non-hydrogen) atoms. The van der Waals surface area contributed by atoms with Crippen molar-refractivity contribution in [2.45, 2.75) is 38.6 Å². The van der Waals surface area contributed by atoms with Gasteiger partial charge in [0.15, 0.2) is 5.76 Å². The molecule has 8 heteroatoms. The number of thiophene rings is 1. The van der Waals surface area contributed by atoms with E-state index in [4.69, 9.17) is 9.05 Å². The maximum absolute atomic E-state index is 12.6. The average molecular weight is 358 g/mol. The first-order valence-electron chi connectivity index (χ1n) is 8.30. The van der Waals surface area contributed by atoms with Crippen LogP contribution in [0.2, 0.25) is 0 Å². The van der Waals surface area contributed by atoms with E-state index in [9.17, 15) is 4.79 Å². The van der Waals surface area contributed by atoms with Crippen LogP contribution in [-0.2, 0) is 11.2 Å². The molecule has 1 aliphatic heterocycles. The van der Waals surface area contributed by atoms with E-state index >= 15 is 0 Å². The number of hydrogen-bond donors (Lipinski definition) is 0. The van der Waals surface area contributed by atoms with Gasteiger partial charge in [-0.2, -0.15) is 4.98 Å². The van der Waals surface area contributed by atoms with Crippen LogP contribution in [0, 0.1) is 6.92 Å². The normalized spacial score (nSPS) is 17.3. The summed E-state index contributed by atoms with van der Waals surface area (Å²) in [5, 5.41) is 9.87. The van der Waals surface area contributed by atoms with Crippen molar-refractivity contribution in [3.8, 4) is 10.7 Å². The van der Waals surface area contributed by atoms with Crippen LogP contribution in [0.25, 0.3) is 10.7 Å². The molecule has 0 bridgehead atoms. The van der Waals surface area contributed by atoms with Gasteiger partial charge in [0.25, 0.3) is 0 Å². The van der Waals surface area contributed by atoms with E-state index in [1.54, 1.807) is 11.3 Å². The lowest BCUT2D eigenvalue weighted by molar-refractivity contribution is -0.132. The van der Waals surface area contributed by atoms with Crippen molar-refractivity contribution in [1.82, 2.24) is 20.2 Å². The van der Waals surface area contributed by atoms with Gasteiger partial charge in [-0.25, -0.2) is 0 Å². The van der Waals surface area contributed by atoms with E-state index < -0.39 is 0 Å². The summed E-state index contributed by atoms with van der Waals surface area (Å²) in [5.74, 6) is 1.91. The van der Waals surface area contributed by atoms with E-state index in [-0.39, 0.29) is 11.9 Å². The summed E-state index contributed by atoms with van der Waals surface area (Å²) in [4.78, 5) is 19.8. The number of amides is 1. The Labute approximate surface area is 148 Å². The van der Waals surface area contributed by atoms with Gasteiger partial charge in [-0.3, -0.25) is 4.79 Å². The van der Waals surface area contributed by atoms with Crippen molar-refractivity contribution in [2.75, 3.05) is 6.54 Å². The van der Waals surface area contributed by atoms with E-state index in [1.807, 2.05) is 35.4 Å². The Bertz CT molecular complexity index is 855. The largest absolute Gasteiger partial charge is 0.359 e. The standard InChI is InChI=1S/C17H18N4O3S/c1-11-10-13(23-19-11)12-4-2-8-21(12)16(22)7-6-15-18-17(20-24-15)14-5-3-9-25-14/h3,5,9-10,12H,2,4,6-8H2,1H3/t12-/m1/s1. The quantitative estimate of drug-likeness (QED) is 0.695. The molecular weight excluding hydrogens is 340 g/mol. The van der Waals surface area contributed by atoms with Gasteiger partial charge >= 0.3 is 0 Å². The molecule has 3 aromatic heterocycles. The van der Waals surface area contributed by atoms with E-state index in [2.05, 4.69) is 15.3 Å². The van der Waals surface area contributed by atoms with Gasteiger partial charge in [0, 0.05) is 25.5 Å². The average Bonchev–Trinajstić information content (AvgIpc) is 3.38.